The number of aliphatic hydroxyl groups excluding tert-OH is 1. The van der Waals surface area contributed by atoms with Crippen LogP contribution in [0.15, 0.2) is 24.3 Å². The van der Waals surface area contributed by atoms with Gasteiger partial charge in [0, 0.05) is 19.1 Å². The number of halogens is 1. The van der Waals surface area contributed by atoms with Crippen LogP contribution in [0.3, 0.4) is 0 Å². The molecule has 1 aliphatic heterocycles. The molecule has 2 atom stereocenters. The van der Waals surface area contributed by atoms with Gasteiger partial charge in [-0.3, -0.25) is 0 Å². The van der Waals surface area contributed by atoms with Crippen LogP contribution in [-0.2, 0) is 4.74 Å². The Balaban J connectivity index is 2.16. The summed E-state index contributed by atoms with van der Waals surface area (Å²) in [6.07, 6.45) is 1.88. The average Bonchev–Trinajstić information content (AvgIpc) is 2.30. The summed E-state index contributed by atoms with van der Waals surface area (Å²) in [4.78, 5) is 0. The summed E-state index contributed by atoms with van der Waals surface area (Å²) in [7, 11) is 0. The van der Waals surface area contributed by atoms with Gasteiger partial charge in [-0.05, 0) is 30.5 Å². The highest BCUT2D eigenvalue weighted by molar-refractivity contribution is 5.19. The zero-order valence-electron chi connectivity index (χ0n) is 8.53. The molecule has 1 aromatic carbocycles. The van der Waals surface area contributed by atoms with Gasteiger partial charge >= 0.3 is 0 Å². The van der Waals surface area contributed by atoms with Gasteiger partial charge < -0.3 is 9.84 Å². The smallest absolute Gasteiger partial charge is 0.123 e. The van der Waals surface area contributed by atoms with E-state index in [1.807, 2.05) is 0 Å². The van der Waals surface area contributed by atoms with Gasteiger partial charge in [-0.15, -0.1) is 0 Å². The van der Waals surface area contributed by atoms with Crippen LogP contribution in [0, 0.1) is 11.7 Å². The zero-order valence-corrected chi connectivity index (χ0v) is 8.53. The first kappa shape index (κ1) is 10.6. The lowest BCUT2D eigenvalue weighted by atomic mass is 9.90. The van der Waals surface area contributed by atoms with Gasteiger partial charge in [-0.2, -0.15) is 0 Å². The second-order valence-corrected chi connectivity index (χ2v) is 3.93. The highest BCUT2D eigenvalue weighted by atomic mass is 19.1. The maximum Gasteiger partial charge on any atom is 0.123 e. The minimum absolute atomic E-state index is 0.0793. The summed E-state index contributed by atoms with van der Waals surface area (Å²) < 4.78 is 18.4. The molecule has 0 spiro atoms. The zero-order chi connectivity index (χ0) is 10.7. The van der Waals surface area contributed by atoms with Gasteiger partial charge in [0.25, 0.3) is 0 Å². The molecule has 0 aromatic heterocycles. The molecular weight excluding hydrogens is 195 g/mol. The topological polar surface area (TPSA) is 29.5 Å². The molecule has 1 N–H and O–H groups in total. The van der Waals surface area contributed by atoms with Crippen LogP contribution in [0.4, 0.5) is 4.39 Å². The van der Waals surface area contributed by atoms with Gasteiger partial charge in [0.15, 0.2) is 0 Å². The van der Waals surface area contributed by atoms with E-state index in [1.165, 1.54) is 12.1 Å². The molecule has 1 heterocycles. The third kappa shape index (κ3) is 2.36. The summed E-state index contributed by atoms with van der Waals surface area (Å²) in [5.74, 6) is -0.0979. The standard InChI is InChI=1S/C12H15FO2/c13-11-5-3-9(4-6-11)12-10(8-14)2-1-7-15-12/h3-6,10,12,14H,1-2,7-8H2. The summed E-state index contributed by atoms with van der Waals surface area (Å²) in [5, 5.41) is 9.22. The maximum absolute atomic E-state index is 12.7. The fourth-order valence-electron chi connectivity index (χ4n) is 2.05. The van der Waals surface area contributed by atoms with Crippen molar-refractivity contribution in [3.8, 4) is 0 Å². The fraction of sp³-hybridized carbons (Fsp3) is 0.500. The SMILES string of the molecule is OCC1CCCOC1c1ccc(F)cc1. The molecule has 0 amide bonds. The van der Waals surface area contributed by atoms with Crippen LogP contribution in [0.5, 0.6) is 0 Å². The van der Waals surface area contributed by atoms with Crippen LogP contribution in [-0.4, -0.2) is 18.3 Å². The predicted octanol–water partition coefficient (Wildman–Crippen LogP) is 2.29. The minimum atomic E-state index is -0.241. The molecule has 2 rings (SSSR count). The lowest BCUT2D eigenvalue weighted by Gasteiger charge is -2.30. The number of ether oxygens (including phenoxy) is 1. The van der Waals surface area contributed by atoms with Crippen LogP contribution in [0.2, 0.25) is 0 Å². The normalized spacial score (nSPS) is 26.5. The van der Waals surface area contributed by atoms with Gasteiger partial charge in [0.2, 0.25) is 0 Å². The van der Waals surface area contributed by atoms with Crippen molar-refractivity contribution >= 4 is 0 Å². The molecule has 0 saturated carbocycles. The summed E-state index contributed by atoms with van der Waals surface area (Å²) in [5.41, 5.74) is 0.954. The Labute approximate surface area is 88.7 Å². The minimum Gasteiger partial charge on any atom is -0.396 e. The Kier molecular flexibility index (Phi) is 3.34. The molecule has 1 aliphatic rings. The molecule has 15 heavy (non-hydrogen) atoms. The number of rotatable bonds is 2. The second-order valence-electron chi connectivity index (χ2n) is 3.93. The van der Waals surface area contributed by atoms with Gasteiger partial charge in [-0.25, -0.2) is 4.39 Å². The predicted molar refractivity (Wildman–Crippen MR) is 54.9 cm³/mol. The number of benzene rings is 1. The van der Waals surface area contributed by atoms with Crippen molar-refractivity contribution < 1.29 is 14.2 Å². The fourth-order valence-corrected chi connectivity index (χ4v) is 2.05. The first-order valence-electron chi connectivity index (χ1n) is 5.29. The van der Waals surface area contributed by atoms with E-state index in [0.29, 0.717) is 0 Å². The average molecular weight is 210 g/mol. The number of hydrogen-bond donors (Lipinski definition) is 1. The van der Waals surface area contributed by atoms with Gasteiger partial charge in [0.05, 0.1) is 6.10 Å². The Morgan fingerprint density at radius 2 is 2.07 bits per heavy atom. The van der Waals surface area contributed by atoms with E-state index in [9.17, 15) is 9.50 Å². The van der Waals surface area contributed by atoms with E-state index >= 15 is 0 Å². The van der Waals surface area contributed by atoms with E-state index in [4.69, 9.17) is 4.74 Å². The molecule has 3 heteroatoms. The van der Waals surface area contributed by atoms with E-state index in [2.05, 4.69) is 0 Å². The molecule has 1 aromatic rings. The molecule has 0 radical (unpaired) electrons. The first-order valence-corrected chi connectivity index (χ1v) is 5.29. The molecule has 2 nitrogen and oxygen atoms in total. The third-order valence-corrected chi connectivity index (χ3v) is 2.88. The van der Waals surface area contributed by atoms with Crippen molar-refractivity contribution in [2.24, 2.45) is 5.92 Å². The van der Waals surface area contributed by atoms with Crippen molar-refractivity contribution in [2.45, 2.75) is 18.9 Å². The van der Waals surface area contributed by atoms with E-state index < -0.39 is 0 Å². The van der Waals surface area contributed by atoms with Crippen molar-refractivity contribution in [1.82, 2.24) is 0 Å². The van der Waals surface area contributed by atoms with Gasteiger partial charge in [0.1, 0.15) is 5.82 Å². The molecule has 82 valence electrons. The van der Waals surface area contributed by atoms with E-state index in [0.717, 1.165) is 25.0 Å². The summed E-state index contributed by atoms with van der Waals surface area (Å²) in [6.45, 7) is 0.848. The van der Waals surface area contributed by atoms with Crippen molar-refractivity contribution in [2.75, 3.05) is 13.2 Å². The second kappa shape index (κ2) is 4.73. The van der Waals surface area contributed by atoms with Gasteiger partial charge in [-0.1, -0.05) is 12.1 Å². The van der Waals surface area contributed by atoms with Crippen LogP contribution >= 0.6 is 0 Å². The first-order chi connectivity index (χ1) is 7.31. The molecule has 0 bridgehead atoms. The maximum atomic E-state index is 12.7. The Bertz CT molecular complexity index is 310. The highest BCUT2D eigenvalue weighted by Gasteiger charge is 2.26. The molecule has 0 aliphatic carbocycles. The van der Waals surface area contributed by atoms with Crippen molar-refractivity contribution in [1.29, 1.82) is 0 Å². The monoisotopic (exact) mass is 210 g/mol. The summed E-state index contributed by atoms with van der Waals surface area (Å²) in [6, 6.07) is 6.32. The van der Waals surface area contributed by atoms with Crippen LogP contribution in [0.25, 0.3) is 0 Å². The van der Waals surface area contributed by atoms with Crippen molar-refractivity contribution in [3.63, 3.8) is 0 Å². The largest absolute Gasteiger partial charge is 0.396 e. The Morgan fingerprint density at radius 3 is 2.73 bits per heavy atom. The van der Waals surface area contributed by atoms with Crippen LogP contribution < -0.4 is 0 Å². The summed E-state index contributed by atoms with van der Waals surface area (Å²) >= 11 is 0. The third-order valence-electron chi connectivity index (χ3n) is 2.88. The lowest BCUT2D eigenvalue weighted by molar-refractivity contribution is -0.0457. The molecule has 1 fully saturated rings. The quantitative estimate of drug-likeness (QED) is 0.811. The molecule has 1 saturated heterocycles. The lowest BCUT2D eigenvalue weighted by Crippen LogP contribution is -2.25. The van der Waals surface area contributed by atoms with Crippen LogP contribution in [0.1, 0.15) is 24.5 Å². The molecule has 2 unspecified atom stereocenters. The van der Waals surface area contributed by atoms with E-state index in [1.54, 1.807) is 12.1 Å². The number of hydrogen-bond acceptors (Lipinski definition) is 2. The van der Waals surface area contributed by atoms with E-state index in [-0.39, 0.29) is 24.4 Å². The highest BCUT2D eigenvalue weighted by Crippen LogP contribution is 2.33. The van der Waals surface area contributed by atoms with Crippen molar-refractivity contribution in [3.05, 3.63) is 35.6 Å². The Hall–Kier alpha value is -0.930. The number of aliphatic hydroxyl groups is 1. The Morgan fingerprint density at radius 1 is 1.33 bits per heavy atom. The molecular formula is C12H15FO2.